The van der Waals surface area contributed by atoms with Crippen molar-refractivity contribution in [1.29, 1.82) is 0 Å². The molecule has 0 aliphatic carbocycles. The van der Waals surface area contributed by atoms with Crippen LogP contribution in [0.5, 0.6) is 0 Å². The summed E-state index contributed by atoms with van der Waals surface area (Å²) in [4.78, 5) is 0. The number of hydrogen-bond donors (Lipinski definition) is 6. The van der Waals surface area contributed by atoms with Crippen LogP contribution in [0.15, 0.2) is 60.9 Å². The van der Waals surface area contributed by atoms with Gasteiger partial charge < -0.3 is 40.1 Å². The quantitative estimate of drug-likeness (QED) is 0.142. The zero-order valence-corrected chi connectivity index (χ0v) is 26.6. The summed E-state index contributed by atoms with van der Waals surface area (Å²) in [6.45, 7) is -1.59. The third-order valence-corrected chi connectivity index (χ3v) is 9.93. The van der Waals surface area contributed by atoms with Gasteiger partial charge >= 0.3 is 12.4 Å². The fraction of sp³-hybridized carbons (Fsp3) is 0.467. The Hall–Kier alpha value is -3.67. The van der Waals surface area contributed by atoms with E-state index in [-0.39, 0.29) is 22.5 Å². The van der Waals surface area contributed by atoms with Gasteiger partial charge in [0.2, 0.25) is 0 Å². The SMILES string of the molecule is OC[C@H]1O[C@H](S[C@H]2O[C@H](CO)[C@H](O)[C@H](n3cc(-c4ccccc4C(F)(F)F)nn3)[C@H]2O)[C@H](O)[C@@H](n2cc(-c3ccccc3C(F)(F)F)nn2)[C@H]1O. The van der Waals surface area contributed by atoms with Gasteiger partial charge in [0.25, 0.3) is 0 Å². The van der Waals surface area contributed by atoms with Crippen LogP contribution in [0.4, 0.5) is 26.3 Å². The number of alkyl halides is 6. The van der Waals surface area contributed by atoms with Crippen molar-refractivity contribution < 1.29 is 66.5 Å². The number of aromatic nitrogens is 6. The Morgan fingerprint density at radius 1 is 0.608 bits per heavy atom. The molecule has 2 aromatic carbocycles. The number of benzene rings is 2. The van der Waals surface area contributed by atoms with E-state index in [2.05, 4.69) is 20.6 Å². The molecule has 2 aliphatic heterocycles. The molecule has 6 rings (SSSR count). The number of ether oxygens (including phenoxy) is 2. The predicted octanol–water partition coefficient (Wildman–Crippen LogP) is 1.63. The molecule has 2 aliphatic rings. The normalized spacial score (nSPS) is 30.4. The van der Waals surface area contributed by atoms with Gasteiger partial charge in [-0.15, -0.1) is 10.2 Å². The van der Waals surface area contributed by atoms with Crippen molar-refractivity contribution in [3.05, 3.63) is 72.1 Å². The molecule has 0 radical (unpaired) electrons. The Balaban J connectivity index is 1.27. The first-order valence-corrected chi connectivity index (χ1v) is 16.2. The van der Waals surface area contributed by atoms with Crippen molar-refractivity contribution in [2.45, 2.75) is 71.9 Å². The van der Waals surface area contributed by atoms with Crippen LogP contribution >= 0.6 is 11.8 Å². The van der Waals surface area contributed by atoms with Crippen molar-refractivity contribution in [2.75, 3.05) is 13.2 Å². The zero-order valence-electron chi connectivity index (χ0n) is 25.8. The second-order valence-corrected chi connectivity index (χ2v) is 13.0. The number of rotatable bonds is 8. The summed E-state index contributed by atoms with van der Waals surface area (Å²) in [6.07, 6.45) is -16.9. The molecule has 21 heteroatoms. The van der Waals surface area contributed by atoms with E-state index < -0.39 is 96.3 Å². The third-order valence-electron chi connectivity index (χ3n) is 8.61. The Morgan fingerprint density at radius 2 is 0.980 bits per heavy atom. The van der Waals surface area contributed by atoms with Gasteiger partial charge in [0.05, 0.1) is 36.7 Å². The van der Waals surface area contributed by atoms with Crippen molar-refractivity contribution in [2.24, 2.45) is 0 Å². The molecule has 2 aromatic heterocycles. The molecule has 0 bridgehead atoms. The lowest BCUT2D eigenvalue weighted by molar-refractivity contribution is -0.189. The topological polar surface area (TPSA) is 201 Å². The summed E-state index contributed by atoms with van der Waals surface area (Å²) in [5.74, 6) is 0. The third kappa shape index (κ3) is 7.22. The van der Waals surface area contributed by atoms with Crippen LogP contribution in [0.2, 0.25) is 0 Å². The van der Waals surface area contributed by atoms with Gasteiger partial charge in [0.15, 0.2) is 0 Å². The number of nitrogens with zero attached hydrogens (tertiary/aromatic N) is 6. The molecule has 276 valence electrons. The van der Waals surface area contributed by atoms with Gasteiger partial charge in [0.1, 0.15) is 71.0 Å². The van der Waals surface area contributed by atoms with E-state index in [0.717, 1.165) is 33.9 Å². The molecule has 2 fully saturated rings. The molecule has 10 atom stereocenters. The van der Waals surface area contributed by atoms with Crippen LogP contribution in [0.1, 0.15) is 23.2 Å². The van der Waals surface area contributed by atoms with Gasteiger partial charge in [-0.25, -0.2) is 9.36 Å². The average Bonchev–Trinajstić information content (AvgIpc) is 3.77. The standard InChI is InChI=1S/C30H30F6N6O8S/c31-29(32,33)15-7-3-1-5-13(15)17-9-41(39-37-17)21-23(45)19(11-43)49-27(25(21)47)51-28-26(48)22(24(46)20(12-44)50-28)42-10-18(38-40-42)14-6-2-4-8-16(14)30(34,35)36/h1-10,19-28,43-48H,11-12H2/t19-,20-,21+,22+,23+,24+,25-,26-,27-,28-/m1/s1. The maximum absolute atomic E-state index is 13.7. The first kappa shape index (κ1) is 37.1. The fourth-order valence-corrected chi connectivity index (χ4v) is 7.44. The number of aliphatic hydroxyl groups excluding tert-OH is 6. The van der Waals surface area contributed by atoms with E-state index in [1.54, 1.807) is 0 Å². The van der Waals surface area contributed by atoms with Crippen LogP contribution in [0.3, 0.4) is 0 Å². The molecule has 0 spiro atoms. The molecule has 14 nitrogen and oxygen atoms in total. The summed E-state index contributed by atoms with van der Waals surface area (Å²) in [6, 6.07) is 6.21. The van der Waals surface area contributed by atoms with Gasteiger partial charge in [-0.1, -0.05) is 58.6 Å². The molecule has 4 heterocycles. The van der Waals surface area contributed by atoms with E-state index in [0.29, 0.717) is 11.8 Å². The highest BCUT2D eigenvalue weighted by atomic mass is 32.2. The molecular formula is C30H30F6N6O8S. The van der Waals surface area contributed by atoms with E-state index in [4.69, 9.17) is 9.47 Å². The Morgan fingerprint density at radius 3 is 1.33 bits per heavy atom. The molecule has 6 N–H and O–H groups in total. The summed E-state index contributed by atoms with van der Waals surface area (Å²) < 4.78 is 95.3. The maximum Gasteiger partial charge on any atom is 0.417 e. The lowest BCUT2D eigenvalue weighted by atomic mass is 9.97. The molecule has 0 unspecified atom stereocenters. The summed E-state index contributed by atoms with van der Waals surface area (Å²) in [5, 5.41) is 80.1. The highest BCUT2D eigenvalue weighted by molar-refractivity contribution is 8.00. The smallest absolute Gasteiger partial charge is 0.394 e. The largest absolute Gasteiger partial charge is 0.417 e. The number of halogens is 6. The minimum Gasteiger partial charge on any atom is -0.394 e. The van der Waals surface area contributed by atoms with E-state index in [9.17, 15) is 57.0 Å². The molecule has 0 saturated carbocycles. The lowest BCUT2D eigenvalue weighted by Gasteiger charge is -2.46. The Kier molecular flexibility index (Phi) is 10.5. The van der Waals surface area contributed by atoms with Crippen LogP contribution in [-0.4, -0.2) is 121 Å². The monoisotopic (exact) mass is 748 g/mol. The predicted molar refractivity (Wildman–Crippen MR) is 162 cm³/mol. The van der Waals surface area contributed by atoms with E-state index in [1.165, 1.54) is 36.4 Å². The highest BCUT2D eigenvalue weighted by Crippen LogP contribution is 2.43. The highest BCUT2D eigenvalue weighted by Gasteiger charge is 2.52. The molecule has 51 heavy (non-hydrogen) atoms. The summed E-state index contributed by atoms with van der Waals surface area (Å²) in [7, 11) is 0. The van der Waals surface area contributed by atoms with Crippen LogP contribution < -0.4 is 0 Å². The second kappa shape index (κ2) is 14.4. The average molecular weight is 749 g/mol. The van der Waals surface area contributed by atoms with E-state index in [1.807, 2.05) is 0 Å². The van der Waals surface area contributed by atoms with Crippen molar-refractivity contribution in [3.63, 3.8) is 0 Å². The van der Waals surface area contributed by atoms with Gasteiger partial charge in [0, 0.05) is 11.1 Å². The van der Waals surface area contributed by atoms with Crippen molar-refractivity contribution in [1.82, 2.24) is 30.0 Å². The van der Waals surface area contributed by atoms with Crippen LogP contribution in [0.25, 0.3) is 22.5 Å². The first-order chi connectivity index (χ1) is 24.1. The van der Waals surface area contributed by atoms with Gasteiger partial charge in [-0.3, -0.25) is 0 Å². The maximum atomic E-state index is 13.7. The fourth-order valence-electron chi connectivity index (χ4n) is 6.12. The van der Waals surface area contributed by atoms with Crippen LogP contribution in [0, 0.1) is 0 Å². The number of thioether (sulfide) groups is 1. The van der Waals surface area contributed by atoms with E-state index >= 15 is 0 Å². The summed E-state index contributed by atoms with van der Waals surface area (Å²) in [5.41, 5.74) is -6.04. The van der Waals surface area contributed by atoms with Crippen molar-refractivity contribution in [3.8, 4) is 22.5 Å². The second-order valence-electron chi connectivity index (χ2n) is 11.8. The molecule has 2 saturated heterocycles. The minimum atomic E-state index is -4.73. The zero-order chi connectivity index (χ0) is 36.8. The lowest BCUT2D eigenvalue weighted by Crippen LogP contribution is -2.58. The van der Waals surface area contributed by atoms with Crippen molar-refractivity contribution >= 4 is 11.8 Å². The summed E-state index contributed by atoms with van der Waals surface area (Å²) >= 11 is 0.605. The Labute approximate surface area is 287 Å². The first-order valence-electron chi connectivity index (χ1n) is 15.2. The van der Waals surface area contributed by atoms with Gasteiger partial charge in [-0.05, 0) is 12.1 Å². The minimum absolute atomic E-state index is 0.239. The number of hydrogen-bond acceptors (Lipinski definition) is 13. The Bertz CT molecular complexity index is 1680. The molecule has 0 amide bonds. The molecule has 4 aromatic rings. The van der Waals surface area contributed by atoms with Gasteiger partial charge in [-0.2, -0.15) is 26.3 Å². The molecular weight excluding hydrogens is 718 g/mol. The number of aliphatic hydroxyl groups is 6. The van der Waals surface area contributed by atoms with Crippen LogP contribution in [-0.2, 0) is 21.8 Å².